The van der Waals surface area contributed by atoms with E-state index in [9.17, 15) is 13.6 Å². The molecule has 1 spiro atoms. The number of nitrogens with zero attached hydrogens (tertiary/aromatic N) is 2. The van der Waals surface area contributed by atoms with Crippen molar-refractivity contribution in [1.82, 2.24) is 4.98 Å². The molecule has 1 atom stereocenters. The number of aromatic nitrogens is 1. The van der Waals surface area contributed by atoms with Crippen molar-refractivity contribution >= 4 is 27.6 Å². The number of esters is 1. The molecule has 2 aliphatic rings. The smallest absolute Gasteiger partial charge is 0.340 e. The van der Waals surface area contributed by atoms with Crippen LogP contribution in [0.2, 0.25) is 0 Å². The predicted octanol–water partition coefficient (Wildman–Crippen LogP) is 5.89. The second-order valence-electron chi connectivity index (χ2n) is 10.1. The zero-order valence-electron chi connectivity index (χ0n) is 19.4. The third-order valence-corrected chi connectivity index (χ3v) is 7.00. The normalized spacial score (nSPS) is 20.8. The summed E-state index contributed by atoms with van der Waals surface area (Å²) in [6, 6.07) is 0. The Labute approximate surface area is 192 Å². The first kappa shape index (κ1) is 24.4. The maximum absolute atomic E-state index is 13.9. The molecule has 8 heteroatoms. The van der Waals surface area contributed by atoms with Gasteiger partial charge in [0.1, 0.15) is 0 Å². The fourth-order valence-corrected chi connectivity index (χ4v) is 4.95. The van der Waals surface area contributed by atoms with Crippen molar-refractivity contribution in [2.24, 2.45) is 5.41 Å². The number of anilines is 1. The molecule has 1 aromatic heterocycles. The van der Waals surface area contributed by atoms with Gasteiger partial charge in [-0.25, -0.2) is 13.6 Å². The molecular formula is C23H33BrF2N2O3. The molecule has 0 aromatic carbocycles. The molecule has 174 valence electrons. The van der Waals surface area contributed by atoms with Crippen LogP contribution in [0.3, 0.4) is 0 Å². The summed E-state index contributed by atoms with van der Waals surface area (Å²) in [4.78, 5) is 19.8. The van der Waals surface area contributed by atoms with Crippen molar-refractivity contribution in [3.8, 4) is 0 Å². The fraction of sp³-hybridized carbons (Fsp3) is 0.739. The third-order valence-electron chi connectivity index (χ3n) is 6.05. The van der Waals surface area contributed by atoms with Gasteiger partial charge in [0.2, 0.25) is 0 Å². The van der Waals surface area contributed by atoms with E-state index in [0.29, 0.717) is 37.2 Å². The molecule has 1 saturated carbocycles. The van der Waals surface area contributed by atoms with Crippen LogP contribution in [0, 0.1) is 19.3 Å². The highest BCUT2D eigenvalue weighted by Gasteiger charge is 2.70. The van der Waals surface area contributed by atoms with E-state index in [2.05, 4.69) is 25.8 Å². The van der Waals surface area contributed by atoms with Gasteiger partial charge in [0.25, 0.3) is 5.92 Å². The van der Waals surface area contributed by atoms with Crippen LogP contribution in [0.1, 0.15) is 76.9 Å². The lowest BCUT2D eigenvalue weighted by atomic mass is 9.91. The first-order chi connectivity index (χ1) is 14.2. The second kappa shape index (κ2) is 8.25. The van der Waals surface area contributed by atoms with E-state index in [-0.39, 0.29) is 12.5 Å². The molecule has 5 nitrogen and oxygen atoms in total. The highest BCUT2D eigenvalue weighted by Crippen LogP contribution is 2.66. The van der Waals surface area contributed by atoms with Crippen molar-refractivity contribution in [3.05, 3.63) is 21.4 Å². The molecule has 0 amide bonds. The van der Waals surface area contributed by atoms with Gasteiger partial charge in [-0.05, 0) is 77.2 Å². The maximum atomic E-state index is 13.9. The number of carbonyl (C=O) groups is 1. The topological polar surface area (TPSA) is 51.7 Å². The van der Waals surface area contributed by atoms with Gasteiger partial charge < -0.3 is 14.4 Å². The number of hydrogen-bond acceptors (Lipinski definition) is 5. The van der Waals surface area contributed by atoms with Gasteiger partial charge in [-0.15, -0.1) is 0 Å². The average molecular weight is 503 g/mol. The van der Waals surface area contributed by atoms with Crippen LogP contribution in [0.25, 0.3) is 0 Å². The summed E-state index contributed by atoms with van der Waals surface area (Å²) in [6.07, 6.45) is -0.440. The number of halogens is 3. The highest BCUT2D eigenvalue weighted by atomic mass is 79.9. The van der Waals surface area contributed by atoms with Gasteiger partial charge in [-0.3, -0.25) is 4.98 Å². The highest BCUT2D eigenvalue weighted by molar-refractivity contribution is 9.10. The predicted molar refractivity (Wildman–Crippen MR) is 120 cm³/mol. The minimum Gasteiger partial charge on any atom is -0.461 e. The fourth-order valence-electron chi connectivity index (χ4n) is 4.40. The number of hydrogen-bond donors (Lipinski definition) is 0. The van der Waals surface area contributed by atoms with Crippen molar-refractivity contribution in [3.63, 3.8) is 0 Å². The van der Waals surface area contributed by atoms with Gasteiger partial charge in [-0.2, -0.15) is 0 Å². The van der Waals surface area contributed by atoms with Crippen LogP contribution in [0.5, 0.6) is 0 Å². The summed E-state index contributed by atoms with van der Waals surface area (Å²) in [5.74, 6) is -3.03. The molecule has 3 rings (SSSR count). The molecule has 0 radical (unpaired) electrons. The molecule has 1 saturated heterocycles. The van der Waals surface area contributed by atoms with Crippen LogP contribution < -0.4 is 4.90 Å². The number of aryl methyl sites for hydroxylation is 2. The van der Waals surface area contributed by atoms with E-state index in [1.165, 1.54) is 0 Å². The molecule has 2 heterocycles. The van der Waals surface area contributed by atoms with Crippen molar-refractivity contribution in [2.45, 2.75) is 91.5 Å². The van der Waals surface area contributed by atoms with Crippen LogP contribution in [-0.4, -0.2) is 41.7 Å². The summed E-state index contributed by atoms with van der Waals surface area (Å²) in [7, 11) is 0. The number of pyridine rings is 1. The van der Waals surface area contributed by atoms with E-state index >= 15 is 0 Å². The van der Waals surface area contributed by atoms with Crippen LogP contribution in [0.4, 0.5) is 14.5 Å². The Hall–Kier alpha value is -1.28. The Bertz CT molecular complexity index is 859. The van der Waals surface area contributed by atoms with Gasteiger partial charge in [-0.1, -0.05) is 0 Å². The summed E-state index contributed by atoms with van der Waals surface area (Å²) in [5.41, 5.74) is 1.41. The third kappa shape index (κ3) is 4.90. The monoisotopic (exact) mass is 502 g/mol. The minimum atomic E-state index is -2.55. The molecule has 0 bridgehead atoms. The molecule has 0 N–H and O–H groups in total. The lowest BCUT2D eigenvalue weighted by Gasteiger charge is -2.38. The SMILES string of the molecule is Cc1nc(C)c(C(OC(C)(C)C)C(=O)OC(C)C)c(N2CCC3(CC2)CC3(F)F)c1Br. The Morgan fingerprint density at radius 1 is 1.16 bits per heavy atom. The lowest BCUT2D eigenvalue weighted by Crippen LogP contribution is -2.39. The largest absolute Gasteiger partial charge is 0.461 e. The number of ether oxygens (including phenoxy) is 2. The number of piperidine rings is 1. The Morgan fingerprint density at radius 3 is 2.16 bits per heavy atom. The number of rotatable bonds is 5. The Morgan fingerprint density at radius 2 is 1.71 bits per heavy atom. The quantitative estimate of drug-likeness (QED) is 0.469. The van der Waals surface area contributed by atoms with E-state index in [0.717, 1.165) is 15.9 Å². The van der Waals surface area contributed by atoms with E-state index in [4.69, 9.17) is 9.47 Å². The molecule has 1 aromatic rings. The van der Waals surface area contributed by atoms with E-state index in [1.54, 1.807) is 13.8 Å². The lowest BCUT2D eigenvalue weighted by molar-refractivity contribution is -0.171. The van der Waals surface area contributed by atoms with Gasteiger partial charge >= 0.3 is 5.97 Å². The van der Waals surface area contributed by atoms with Gasteiger partial charge in [0, 0.05) is 36.2 Å². The first-order valence-electron chi connectivity index (χ1n) is 10.9. The Kier molecular flexibility index (Phi) is 6.48. The molecule has 1 aliphatic heterocycles. The molecule has 31 heavy (non-hydrogen) atoms. The average Bonchev–Trinajstić information content (AvgIpc) is 3.15. The minimum absolute atomic E-state index is 0.0211. The zero-order chi connectivity index (χ0) is 23.4. The standard InChI is InChI=1S/C23H33BrF2N2O3/c1-13(2)30-20(29)19(31-21(5,6)7)16-14(3)27-15(4)17(24)18(16)28-10-8-22(9-11-28)12-23(22,25)26/h13,19H,8-12H2,1-7H3. The van der Waals surface area contributed by atoms with Crippen LogP contribution in [-0.2, 0) is 14.3 Å². The number of carbonyl (C=O) groups excluding carboxylic acids is 1. The zero-order valence-corrected chi connectivity index (χ0v) is 21.0. The molecular weight excluding hydrogens is 470 g/mol. The summed E-state index contributed by atoms with van der Waals surface area (Å²) in [5, 5.41) is 0. The second-order valence-corrected chi connectivity index (χ2v) is 10.9. The van der Waals surface area contributed by atoms with Gasteiger partial charge in [0.15, 0.2) is 6.10 Å². The molecule has 2 fully saturated rings. The van der Waals surface area contributed by atoms with Crippen molar-refractivity contribution < 1.29 is 23.0 Å². The van der Waals surface area contributed by atoms with E-state index < -0.39 is 29.0 Å². The summed E-state index contributed by atoms with van der Waals surface area (Å²) < 4.78 is 40.3. The van der Waals surface area contributed by atoms with Crippen molar-refractivity contribution in [1.29, 1.82) is 0 Å². The Balaban J connectivity index is 2.04. The van der Waals surface area contributed by atoms with E-state index in [1.807, 2.05) is 34.6 Å². The molecule has 1 unspecified atom stereocenters. The maximum Gasteiger partial charge on any atom is 0.340 e. The van der Waals surface area contributed by atoms with Crippen LogP contribution >= 0.6 is 15.9 Å². The van der Waals surface area contributed by atoms with Crippen LogP contribution in [0.15, 0.2) is 4.47 Å². The summed E-state index contributed by atoms with van der Waals surface area (Å²) in [6.45, 7) is 14.0. The van der Waals surface area contributed by atoms with Gasteiger partial charge in [0.05, 0.1) is 27.6 Å². The first-order valence-corrected chi connectivity index (χ1v) is 11.6. The van der Waals surface area contributed by atoms with Crippen molar-refractivity contribution in [2.75, 3.05) is 18.0 Å². The summed E-state index contributed by atoms with van der Waals surface area (Å²) >= 11 is 3.66. The number of alkyl halides is 2. The molecule has 1 aliphatic carbocycles.